The first-order chi connectivity index (χ1) is 12.6. The second-order valence-corrected chi connectivity index (χ2v) is 8.59. The van der Waals surface area contributed by atoms with E-state index in [2.05, 4.69) is 53.0 Å². The zero-order chi connectivity index (χ0) is 18.1. The van der Waals surface area contributed by atoms with Gasteiger partial charge in [-0.3, -0.25) is 4.98 Å². The van der Waals surface area contributed by atoms with Gasteiger partial charge in [-0.25, -0.2) is 0 Å². The van der Waals surface area contributed by atoms with Gasteiger partial charge in [-0.2, -0.15) is 0 Å². The zero-order valence-corrected chi connectivity index (χ0v) is 16.2. The molecule has 2 N–H and O–H groups in total. The van der Waals surface area contributed by atoms with Gasteiger partial charge in [0.2, 0.25) is 0 Å². The lowest BCUT2D eigenvalue weighted by molar-refractivity contribution is 0.143. The molecule has 2 aromatic rings. The average molecular weight is 353 g/mol. The average Bonchev–Trinajstić information content (AvgIpc) is 3.05. The van der Waals surface area contributed by atoms with Gasteiger partial charge >= 0.3 is 0 Å². The minimum absolute atomic E-state index is 0.552. The summed E-state index contributed by atoms with van der Waals surface area (Å²) in [6, 6.07) is 8.80. The second kappa shape index (κ2) is 7.63. The molecule has 2 saturated heterocycles. The first-order valence-electron chi connectivity index (χ1n) is 10.1. The van der Waals surface area contributed by atoms with Crippen molar-refractivity contribution in [3.8, 4) is 0 Å². The van der Waals surface area contributed by atoms with Crippen LogP contribution in [0.25, 0.3) is 10.9 Å². The highest BCUT2D eigenvalue weighted by molar-refractivity contribution is 5.85. The van der Waals surface area contributed by atoms with E-state index in [9.17, 15) is 0 Å². The van der Waals surface area contributed by atoms with E-state index in [1.54, 1.807) is 0 Å². The molecule has 1 aromatic carbocycles. The molecule has 4 rings (SSSR count). The van der Waals surface area contributed by atoms with Crippen LogP contribution in [0.1, 0.15) is 36.8 Å². The number of pyridine rings is 1. The van der Waals surface area contributed by atoms with Crippen molar-refractivity contribution in [1.29, 1.82) is 0 Å². The van der Waals surface area contributed by atoms with E-state index in [4.69, 9.17) is 5.73 Å². The first kappa shape index (κ1) is 17.9. The second-order valence-electron chi connectivity index (χ2n) is 8.59. The van der Waals surface area contributed by atoms with Crippen molar-refractivity contribution >= 4 is 10.9 Å². The van der Waals surface area contributed by atoms with Crippen molar-refractivity contribution in [2.75, 3.05) is 39.8 Å². The maximum Gasteiger partial charge on any atom is 0.0749 e. The monoisotopic (exact) mass is 352 g/mol. The Bertz CT molecular complexity index is 759. The van der Waals surface area contributed by atoms with Gasteiger partial charge in [0.25, 0.3) is 0 Å². The molecule has 2 fully saturated rings. The predicted octanol–water partition coefficient (Wildman–Crippen LogP) is 3.07. The van der Waals surface area contributed by atoms with Crippen LogP contribution in [0.2, 0.25) is 0 Å². The van der Waals surface area contributed by atoms with E-state index in [0.29, 0.717) is 12.5 Å². The van der Waals surface area contributed by atoms with Crippen LogP contribution in [-0.4, -0.2) is 54.6 Å². The van der Waals surface area contributed by atoms with E-state index in [-0.39, 0.29) is 0 Å². The highest BCUT2D eigenvalue weighted by atomic mass is 15.2. The lowest BCUT2D eigenvalue weighted by Crippen LogP contribution is -2.41. The Morgan fingerprint density at radius 3 is 2.85 bits per heavy atom. The lowest BCUT2D eigenvalue weighted by atomic mass is 9.83. The van der Waals surface area contributed by atoms with Crippen LogP contribution in [0.5, 0.6) is 0 Å². The summed E-state index contributed by atoms with van der Waals surface area (Å²) in [5.74, 6) is 2.18. The zero-order valence-electron chi connectivity index (χ0n) is 16.2. The van der Waals surface area contributed by atoms with Crippen molar-refractivity contribution in [2.24, 2.45) is 17.6 Å². The summed E-state index contributed by atoms with van der Waals surface area (Å²) < 4.78 is 0. The number of aromatic nitrogens is 1. The van der Waals surface area contributed by atoms with Gasteiger partial charge in [0.05, 0.1) is 5.52 Å². The molecule has 0 radical (unpaired) electrons. The Hall–Kier alpha value is -1.49. The van der Waals surface area contributed by atoms with Crippen LogP contribution in [-0.2, 0) is 6.54 Å². The minimum Gasteiger partial charge on any atom is -0.326 e. The standard InChI is InChI=1S/C22H32N4/c1-16-10-19(15-26(12-16)14-17-7-9-25(2)13-17)20-6-5-18(11-23)22-21(20)4-3-8-24-22/h3-6,8,16-17,19H,7,9-15,23H2,1-2H3. The Labute approximate surface area is 157 Å². The number of piperidine rings is 1. The lowest BCUT2D eigenvalue weighted by Gasteiger charge is -2.38. The fraction of sp³-hybridized carbons (Fsp3) is 0.591. The number of hydrogen-bond acceptors (Lipinski definition) is 4. The SMILES string of the molecule is CC1CC(c2ccc(CN)c3ncccc23)CN(CC2CCN(C)C2)C1. The maximum absolute atomic E-state index is 5.94. The first-order valence-corrected chi connectivity index (χ1v) is 10.1. The summed E-state index contributed by atoms with van der Waals surface area (Å²) in [6.45, 7) is 9.15. The highest BCUT2D eigenvalue weighted by Crippen LogP contribution is 2.35. The quantitative estimate of drug-likeness (QED) is 0.918. The number of benzene rings is 1. The van der Waals surface area contributed by atoms with E-state index in [0.717, 1.165) is 22.9 Å². The number of nitrogens with two attached hydrogens (primary N) is 1. The van der Waals surface area contributed by atoms with Crippen molar-refractivity contribution in [3.63, 3.8) is 0 Å². The van der Waals surface area contributed by atoms with Crippen molar-refractivity contribution in [1.82, 2.24) is 14.8 Å². The summed E-state index contributed by atoms with van der Waals surface area (Å²) in [4.78, 5) is 9.83. The molecule has 0 amide bonds. The normalized spacial score (nSPS) is 28.0. The Kier molecular flexibility index (Phi) is 5.25. The Morgan fingerprint density at radius 1 is 1.19 bits per heavy atom. The smallest absolute Gasteiger partial charge is 0.0749 e. The topological polar surface area (TPSA) is 45.4 Å². The summed E-state index contributed by atoms with van der Waals surface area (Å²) in [6.07, 6.45) is 4.51. The van der Waals surface area contributed by atoms with Gasteiger partial charge in [-0.1, -0.05) is 25.1 Å². The Balaban J connectivity index is 1.58. The van der Waals surface area contributed by atoms with Gasteiger partial charge in [-0.05, 0) is 61.4 Å². The molecular formula is C22H32N4. The van der Waals surface area contributed by atoms with Crippen molar-refractivity contribution in [2.45, 2.75) is 32.2 Å². The van der Waals surface area contributed by atoms with Crippen molar-refractivity contribution < 1.29 is 0 Å². The number of nitrogens with zero attached hydrogens (tertiary/aromatic N) is 3. The predicted molar refractivity (Wildman–Crippen MR) is 108 cm³/mol. The van der Waals surface area contributed by atoms with Gasteiger partial charge in [0.15, 0.2) is 0 Å². The summed E-state index contributed by atoms with van der Waals surface area (Å²) in [7, 11) is 2.25. The molecule has 3 atom stereocenters. The molecule has 0 spiro atoms. The molecule has 1 aromatic heterocycles. The summed E-state index contributed by atoms with van der Waals surface area (Å²) in [5.41, 5.74) is 9.65. The molecule has 0 saturated carbocycles. The summed E-state index contributed by atoms with van der Waals surface area (Å²) in [5, 5.41) is 1.30. The van der Waals surface area contributed by atoms with Crippen molar-refractivity contribution in [3.05, 3.63) is 41.6 Å². The third-order valence-corrected chi connectivity index (χ3v) is 6.29. The van der Waals surface area contributed by atoms with Crippen LogP contribution in [0.3, 0.4) is 0 Å². The van der Waals surface area contributed by atoms with E-state index < -0.39 is 0 Å². The number of likely N-dealkylation sites (tertiary alicyclic amines) is 2. The molecule has 26 heavy (non-hydrogen) atoms. The molecule has 3 heterocycles. The molecule has 4 heteroatoms. The molecule has 3 unspecified atom stereocenters. The fourth-order valence-electron chi connectivity index (χ4n) is 5.15. The van der Waals surface area contributed by atoms with E-state index >= 15 is 0 Å². The number of rotatable bonds is 4. The van der Waals surface area contributed by atoms with Crippen LogP contribution < -0.4 is 5.73 Å². The number of hydrogen-bond donors (Lipinski definition) is 1. The molecule has 2 aliphatic rings. The molecule has 0 aliphatic carbocycles. The number of fused-ring (bicyclic) bond motifs is 1. The largest absolute Gasteiger partial charge is 0.326 e. The fourth-order valence-corrected chi connectivity index (χ4v) is 5.15. The van der Waals surface area contributed by atoms with Crippen LogP contribution in [0.4, 0.5) is 0 Å². The van der Waals surface area contributed by atoms with E-state index in [1.165, 1.54) is 56.5 Å². The molecule has 0 bridgehead atoms. The van der Waals surface area contributed by atoms with E-state index in [1.807, 2.05) is 6.20 Å². The van der Waals surface area contributed by atoms with Gasteiger partial charge in [-0.15, -0.1) is 0 Å². The van der Waals surface area contributed by atoms with Gasteiger partial charge < -0.3 is 15.5 Å². The van der Waals surface area contributed by atoms with Crippen LogP contribution in [0, 0.1) is 11.8 Å². The Morgan fingerprint density at radius 2 is 2.08 bits per heavy atom. The molecule has 4 nitrogen and oxygen atoms in total. The van der Waals surface area contributed by atoms with Crippen LogP contribution in [0.15, 0.2) is 30.5 Å². The van der Waals surface area contributed by atoms with Gasteiger partial charge in [0, 0.05) is 44.3 Å². The maximum atomic E-state index is 5.94. The third-order valence-electron chi connectivity index (χ3n) is 6.29. The highest BCUT2D eigenvalue weighted by Gasteiger charge is 2.30. The van der Waals surface area contributed by atoms with Crippen LogP contribution >= 0.6 is 0 Å². The third kappa shape index (κ3) is 3.64. The summed E-state index contributed by atoms with van der Waals surface area (Å²) >= 11 is 0. The molecule has 2 aliphatic heterocycles. The van der Waals surface area contributed by atoms with Gasteiger partial charge in [0.1, 0.15) is 0 Å². The molecular weight excluding hydrogens is 320 g/mol. The minimum atomic E-state index is 0.552. The molecule has 140 valence electrons.